The number of nitrogens with one attached hydrogen (secondary N) is 1. The van der Waals surface area contributed by atoms with Crippen LogP contribution < -0.4 is 10.1 Å². The molecule has 1 heterocycles. The molecule has 1 aromatic rings. The molecular weight excluding hydrogens is 226 g/mol. The molecule has 4 nitrogen and oxygen atoms in total. The van der Waals surface area contributed by atoms with Gasteiger partial charge in [0.15, 0.2) is 5.75 Å². The summed E-state index contributed by atoms with van der Waals surface area (Å²) in [6.45, 7) is 3.15. The Morgan fingerprint density at radius 1 is 1.44 bits per heavy atom. The SMILES string of the molecule is CCNC(c1c(OC)cnn1C)C1CCCCC1. The predicted molar refractivity (Wildman–Crippen MR) is 72.8 cm³/mol. The van der Waals surface area contributed by atoms with E-state index in [1.165, 1.54) is 37.8 Å². The fraction of sp³-hybridized carbons (Fsp3) is 0.786. The molecule has 0 aromatic carbocycles. The smallest absolute Gasteiger partial charge is 0.161 e. The van der Waals surface area contributed by atoms with E-state index in [0.29, 0.717) is 12.0 Å². The number of nitrogens with zero attached hydrogens (tertiary/aromatic N) is 2. The van der Waals surface area contributed by atoms with E-state index in [1.807, 2.05) is 17.9 Å². The standard InChI is InChI=1S/C14H25N3O/c1-4-15-13(11-8-6-5-7-9-11)14-12(18-3)10-16-17(14)2/h10-11,13,15H,4-9H2,1-3H3. The van der Waals surface area contributed by atoms with Gasteiger partial charge in [0.05, 0.1) is 25.0 Å². The number of aromatic nitrogens is 2. The van der Waals surface area contributed by atoms with Gasteiger partial charge in [-0.25, -0.2) is 0 Å². The summed E-state index contributed by atoms with van der Waals surface area (Å²) in [5.41, 5.74) is 1.20. The van der Waals surface area contributed by atoms with Gasteiger partial charge < -0.3 is 10.1 Å². The Morgan fingerprint density at radius 3 is 2.78 bits per heavy atom. The maximum atomic E-state index is 5.46. The molecule has 1 atom stereocenters. The maximum Gasteiger partial charge on any atom is 0.161 e. The minimum absolute atomic E-state index is 0.373. The molecule has 0 aliphatic heterocycles. The third kappa shape index (κ3) is 2.69. The van der Waals surface area contributed by atoms with Crippen LogP contribution in [0.5, 0.6) is 5.75 Å². The highest BCUT2D eigenvalue weighted by molar-refractivity contribution is 5.28. The lowest BCUT2D eigenvalue weighted by Crippen LogP contribution is -2.31. The van der Waals surface area contributed by atoms with E-state index in [1.54, 1.807) is 7.11 Å². The summed E-state index contributed by atoms with van der Waals surface area (Å²) >= 11 is 0. The van der Waals surface area contributed by atoms with Crippen LogP contribution in [0, 0.1) is 5.92 Å². The van der Waals surface area contributed by atoms with Gasteiger partial charge in [0, 0.05) is 7.05 Å². The monoisotopic (exact) mass is 251 g/mol. The Balaban J connectivity index is 2.24. The first-order valence-electron chi connectivity index (χ1n) is 7.07. The van der Waals surface area contributed by atoms with E-state index in [-0.39, 0.29) is 0 Å². The molecule has 102 valence electrons. The first-order chi connectivity index (χ1) is 8.77. The Labute approximate surface area is 110 Å². The van der Waals surface area contributed by atoms with Crippen molar-refractivity contribution in [3.63, 3.8) is 0 Å². The average Bonchev–Trinajstić information content (AvgIpc) is 2.78. The second-order valence-electron chi connectivity index (χ2n) is 5.16. The molecule has 0 radical (unpaired) electrons. The molecule has 0 spiro atoms. The number of ether oxygens (including phenoxy) is 1. The highest BCUT2D eigenvalue weighted by Crippen LogP contribution is 2.37. The van der Waals surface area contributed by atoms with Crippen LogP contribution in [0.15, 0.2) is 6.20 Å². The molecule has 1 aromatic heterocycles. The molecule has 1 fully saturated rings. The van der Waals surface area contributed by atoms with Crippen molar-refractivity contribution in [2.45, 2.75) is 45.1 Å². The van der Waals surface area contributed by atoms with Crippen molar-refractivity contribution in [3.8, 4) is 5.75 Å². The first-order valence-corrected chi connectivity index (χ1v) is 7.07. The first kappa shape index (κ1) is 13.4. The van der Waals surface area contributed by atoms with Crippen molar-refractivity contribution in [2.75, 3.05) is 13.7 Å². The zero-order chi connectivity index (χ0) is 13.0. The van der Waals surface area contributed by atoms with E-state index in [4.69, 9.17) is 4.74 Å². The van der Waals surface area contributed by atoms with E-state index in [2.05, 4.69) is 17.3 Å². The van der Waals surface area contributed by atoms with Crippen LogP contribution in [0.25, 0.3) is 0 Å². The van der Waals surface area contributed by atoms with Crippen LogP contribution in [-0.2, 0) is 7.05 Å². The van der Waals surface area contributed by atoms with Crippen molar-refractivity contribution in [2.24, 2.45) is 13.0 Å². The van der Waals surface area contributed by atoms with Crippen LogP contribution in [-0.4, -0.2) is 23.4 Å². The minimum Gasteiger partial charge on any atom is -0.493 e. The number of hydrogen-bond donors (Lipinski definition) is 1. The van der Waals surface area contributed by atoms with Crippen LogP contribution >= 0.6 is 0 Å². The summed E-state index contributed by atoms with van der Waals surface area (Å²) in [5, 5.41) is 7.97. The molecule has 18 heavy (non-hydrogen) atoms. The third-order valence-electron chi connectivity index (χ3n) is 4.01. The quantitative estimate of drug-likeness (QED) is 0.874. The molecule has 1 N–H and O–H groups in total. The maximum absolute atomic E-state index is 5.46. The van der Waals surface area contributed by atoms with Gasteiger partial charge in [0.25, 0.3) is 0 Å². The summed E-state index contributed by atoms with van der Waals surface area (Å²) in [7, 11) is 3.73. The third-order valence-corrected chi connectivity index (χ3v) is 4.01. The number of aryl methyl sites for hydroxylation is 1. The van der Waals surface area contributed by atoms with Crippen LogP contribution in [0.3, 0.4) is 0 Å². The largest absolute Gasteiger partial charge is 0.493 e. The molecule has 0 saturated heterocycles. The van der Waals surface area contributed by atoms with Gasteiger partial charge in [-0.15, -0.1) is 0 Å². The van der Waals surface area contributed by atoms with Crippen molar-refractivity contribution in [1.29, 1.82) is 0 Å². The van der Waals surface area contributed by atoms with Gasteiger partial charge in [0.1, 0.15) is 0 Å². The van der Waals surface area contributed by atoms with Gasteiger partial charge in [0.2, 0.25) is 0 Å². The van der Waals surface area contributed by atoms with Gasteiger partial charge in [-0.05, 0) is 25.3 Å². The summed E-state index contributed by atoms with van der Waals surface area (Å²) in [6, 6.07) is 0.373. The van der Waals surface area contributed by atoms with Crippen molar-refractivity contribution < 1.29 is 4.74 Å². The lowest BCUT2D eigenvalue weighted by Gasteiger charge is -2.31. The summed E-state index contributed by atoms with van der Waals surface area (Å²) < 4.78 is 7.42. The Bertz CT molecular complexity index is 369. The van der Waals surface area contributed by atoms with Crippen LogP contribution in [0.2, 0.25) is 0 Å². The fourth-order valence-corrected chi connectivity index (χ4v) is 3.11. The second kappa shape index (κ2) is 6.23. The molecule has 4 heteroatoms. The van der Waals surface area contributed by atoms with E-state index < -0.39 is 0 Å². The Kier molecular flexibility index (Phi) is 4.64. The second-order valence-corrected chi connectivity index (χ2v) is 5.16. The normalized spacial score (nSPS) is 18.8. The Morgan fingerprint density at radius 2 is 2.17 bits per heavy atom. The summed E-state index contributed by atoms with van der Waals surface area (Å²) in [5.74, 6) is 1.62. The number of rotatable bonds is 5. The number of methoxy groups -OCH3 is 1. The molecule has 0 bridgehead atoms. The zero-order valence-electron chi connectivity index (χ0n) is 11.8. The van der Waals surface area contributed by atoms with Gasteiger partial charge in [-0.3, -0.25) is 4.68 Å². The highest BCUT2D eigenvalue weighted by atomic mass is 16.5. The van der Waals surface area contributed by atoms with Crippen molar-refractivity contribution in [1.82, 2.24) is 15.1 Å². The van der Waals surface area contributed by atoms with Crippen LogP contribution in [0.4, 0.5) is 0 Å². The van der Waals surface area contributed by atoms with E-state index >= 15 is 0 Å². The lowest BCUT2D eigenvalue weighted by atomic mass is 9.82. The minimum atomic E-state index is 0.373. The number of hydrogen-bond acceptors (Lipinski definition) is 3. The van der Waals surface area contributed by atoms with Gasteiger partial charge in [-0.1, -0.05) is 26.2 Å². The van der Waals surface area contributed by atoms with E-state index in [0.717, 1.165) is 12.3 Å². The fourth-order valence-electron chi connectivity index (χ4n) is 3.11. The molecule has 0 amide bonds. The summed E-state index contributed by atoms with van der Waals surface area (Å²) in [6.07, 6.45) is 8.54. The predicted octanol–water partition coefficient (Wildman–Crippen LogP) is 2.66. The molecule has 1 aliphatic rings. The topological polar surface area (TPSA) is 39.1 Å². The Hall–Kier alpha value is -1.03. The van der Waals surface area contributed by atoms with Gasteiger partial charge in [-0.2, -0.15) is 5.10 Å². The summed E-state index contributed by atoms with van der Waals surface area (Å²) in [4.78, 5) is 0. The lowest BCUT2D eigenvalue weighted by molar-refractivity contribution is 0.259. The highest BCUT2D eigenvalue weighted by Gasteiger charge is 2.29. The average molecular weight is 251 g/mol. The van der Waals surface area contributed by atoms with Crippen LogP contribution in [0.1, 0.15) is 50.8 Å². The van der Waals surface area contributed by atoms with Gasteiger partial charge >= 0.3 is 0 Å². The molecular formula is C14H25N3O. The molecule has 1 saturated carbocycles. The van der Waals surface area contributed by atoms with Crippen molar-refractivity contribution >= 4 is 0 Å². The zero-order valence-corrected chi connectivity index (χ0v) is 11.8. The molecule has 1 aliphatic carbocycles. The molecule has 1 unspecified atom stereocenters. The van der Waals surface area contributed by atoms with E-state index in [9.17, 15) is 0 Å². The van der Waals surface area contributed by atoms with Crippen molar-refractivity contribution in [3.05, 3.63) is 11.9 Å². The molecule has 2 rings (SSSR count).